The largest absolute Gasteiger partial charge is 0.489 e. The third-order valence-corrected chi connectivity index (χ3v) is 5.87. The van der Waals surface area contributed by atoms with Crippen LogP contribution in [0.2, 0.25) is 5.02 Å². The van der Waals surface area contributed by atoms with Crippen molar-refractivity contribution in [3.05, 3.63) is 41.3 Å². The average molecular weight is 490 g/mol. The van der Waals surface area contributed by atoms with Crippen molar-refractivity contribution >= 4 is 23.7 Å². The molecule has 1 aromatic heterocycles. The lowest BCUT2D eigenvalue weighted by atomic mass is 9.92. The van der Waals surface area contributed by atoms with Gasteiger partial charge in [-0.3, -0.25) is 4.90 Å². The van der Waals surface area contributed by atoms with Gasteiger partial charge in [0.05, 0.1) is 23.9 Å². The van der Waals surface area contributed by atoms with Crippen molar-refractivity contribution in [3.63, 3.8) is 0 Å². The van der Waals surface area contributed by atoms with Crippen LogP contribution in [0.5, 0.6) is 5.75 Å². The molecule has 0 radical (unpaired) electrons. The molecule has 2 heterocycles. The van der Waals surface area contributed by atoms with Gasteiger partial charge in [0, 0.05) is 23.7 Å². The first kappa shape index (κ1) is 25.7. The number of halogens is 1. The number of amides is 1. The van der Waals surface area contributed by atoms with Gasteiger partial charge in [0.15, 0.2) is 0 Å². The number of esters is 1. The molecule has 0 aliphatic carbocycles. The number of likely N-dealkylation sites (tertiary alicyclic amines) is 1. The van der Waals surface area contributed by atoms with Gasteiger partial charge in [0.1, 0.15) is 23.2 Å². The lowest BCUT2D eigenvalue weighted by Crippen LogP contribution is -2.52. The molecule has 2 unspecified atom stereocenters. The van der Waals surface area contributed by atoms with Crippen LogP contribution in [0, 0.1) is 0 Å². The molecule has 1 fully saturated rings. The summed E-state index contributed by atoms with van der Waals surface area (Å²) in [6.45, 7) is 11.2. The molecule has 0 saturated carbocycles. The summed E-state index contributed by atoms with van der Waals surface area (Å²) < 4.78 is 16.3. The Kier molecular flexibility index (Phi) is 7.41. The normalized spacial score (nSPS) is 20.4. The molecular formula is C25H32ClN3O5. The number of rotatable bonds is 5. The van der Waals surface area contributed by atoms with Crippen LogP contribution in [0.1, 0.15) is 59.6 Å². The quantitative estimate of drug-likeness (QED) is 0.530. The van der Waals surface area contributed by atoms with E-state index in [0.29, 0.717) is 28.6 Å². The molecule has 1 aliphatic heterocycles. The number of hydrogen-bond donors (Lipinski definition) is 0. The molecule has 0 N–H and O–H groups in total. The van der Waals surface area contributed by atoms with E-state index < -0.39 is 23.2 Å². The fourth-order valence-electron chi connectivity index (χ4n) is 4.04. The number of nitrogens with zero attached hydrogens (tertiary/aromatic N) is 3. The Balaban J connectivity index is 1.90. The van der Waals surface area contributed by atoms with Crippen molar-refractivity contribution in [2.24, 2.45) is 0 Å². The van der Waals surface area contributed by atoms with Crippen molar-refractivity contribution in [1.29, 1.82) is 0 Å². The number of ether oxygens (including phenoxy) is 3. The van der Waals surface area contributed by atoms with Gasteiger partial charge in [0.25, 0.3) is 0 Å². The van der Waals surface area contributed by atoms with Crippen molar-refractivity contribution in [3.8, 4) is 17.0 Å². The van der Waals surface area contributed by atoms with Crippen LogP contribution in [-0.4, -0.2) is 57.8 Å². The number of carbonyl (C=O) groups excluding carboxylic acids is 2. The topological polar surface area (TPSA) is 90.9 Å². The minimum absolute atomic E-state index is 0.00779. The summed E-state index contributed by atoms with van der Waals surface area (Å²) in [5.41, 5.74) is 0.330. The van der Waals surface area contributed by atoms with E-state index in [9.17, 15) is 9.59 Å². The molecule has 1 aromatic carbocycles. The number of methoxy groups -OCH3 is 1. The molecular weight excluding hydrogens is 458 g/mol. The van der Waals surface area contributed by atoms with E-state index in [1.807, 2.05) is 32.0 Å². The molecule has 1 saturated heterocycles. The van der Waals surface area contributed by atoms with Gasteiger partial charge in [-0.05, 0) is 72.2 Å². The van der Waals surface area contributed by atoms with E-state index in [4.69, 9.17) is 25.8 Å². The molecule has 1 aliphatic rings. The van der Waals surface area contributed by atoms with E-state index in [1.54, 1.807) is 33.8 Å². The Morgan fingerprint density at radius 1 is 1.21 bits per heavy atom. The van der Waals surface area contributed by atoms with Gasteiger partial charge >= 0.3 is 12.1 Å². The van der Waals surface area contributed by atoms with Crippen LogP contribution in [-0.2, 0) is 14.3 Å². The molecule has 0 spiro atoms. The maximum Gasteiger partial charge on any atom is 0.411 e. The van der Waals surface area contributed by atoms with Crippen molar-refractivity contribution in [2.45, 2.75) is 71.1 Å². The van der Waals surface area contributed by atoms with Crippen LogP contribution in [0.3, 0.4) is 0 Å². The second kappa shape index (κ2) is 9.78. The highest BCUT2D eigenvalue weighted by molar-refractivity contribution is 6.32. The van der Waals surface area contributed by atoms with Crippen LogP contribution >= 0.6 is 11.6 Å². The fraction of sp³-hybridized carbons (Fsp3) is 0.520. The average Bonchev–Trinajstić information content (AvgIpc) is 3.12. The molecule has 2 aromatic rings. The number of hydrogen-bond acceptors (Lipinski definition) is 7. The first-order valence-electron chi connectivity index (χ1n) is 11.2. The summed E-state index contributed by atoms with van der Waals surface area (Å²) in [7, 11) is 1.31. The lowest BCUT2D eigenvalue weighted by molar-refractivity contribution is -0.152. The van der Waals surface area contributed by atoms with Gasteiger partial charge in [-0.15, -0.1) is 0 Å². The number of carbonyl (C=O) groups is 2. The predicted octanol–water partition coefficient (Wildman–Crippen LogP) is 5.24. The summed E-state index contributed by atoms with van der Waals surface area (Å²) in [6.07, 6.45) is 1.26. The van der Waals surface area contributed by atoms with E-state index in [-0.39, 0.29) is 18.6 Å². The Labute approximate surface area is 205 Å². The van der Waals surface area contributed by atoms with Crippen LogP contribution in [0.25, 0.3) is 11.3 Å². The fourth-order valence-corrected chi connectivity index (χ4v) is 4.27. The van der Waals surface area contributed by atoms with Gasteiger partial charge < -0.3 is 14.2 Å². The maximum atomic E-state index is 12.9. The summed E-state index contributed by atoms with van der Waals surface area (Å²) in [5.74, 6) is -0.104. The van der Waals surface area contributed by atoms with Gasteiger partial charge in [-0.1, -0.05) is 11.6 Å². The smallest absolute Gasteiger partial charge is 0.411 e. The Bertz CT molecular complexity index is 1070. The highest BCUT2D eigenvalue weighted by Crippen LogP contribution is 2.40. The maximum absolute atomic E-state index is 12.9. The molecule has 9 heteroatoms. The SMILES string of the molecule is COC(=O)C1(C)CC(c2cc(-c3ccc(OC(C)C)c(Cl)c3)ncn2)CN1C(=O)OC(C)(C)C. The monoisotopic (exact) mass is 489 g/mol. The minimum Gasteiger partial charge on any atom is -0.489 e. The van der Waals surface area contributed by atoms with Gasteiger partial charge in [0.2, 0.25) is 0 Å². The standard InChI is InChI=1S/C25H32ClN3O5/c1-15(2)33-21-9-8-16(10-18(21)26)19-11-20(28-14-27-19)17-12-25(6,22(30)32-7)29(13-17)23(31)34-24(3,4)5/h8-11,14-15,17H,12-13H2,1-7H3. The summed E-state index contributed by atoms with van der Waals surface area (Å²) in [5, 5.41) is 0.488. The van der Waals surface area contributed by atoms with Crippen molar-refractivity contribution in [1.82, 2.24) is 14.9 Å². The third kappa shape index (κ3) is 5.60. The first-order chi connectivity index (χ1) is 15.8. The van der Waals surface area contributed by atoms with E-state index in [0.717, 1.165) is 5.56 Å². The third-order valence-electron chi connectivity index (χ3n) is 5.58. The zero-order valence-electron chi connectivity index (χ0n) is 20.7. The van der Waals surface area contributed by atoms with Crippen molar-refractivity contribution < 1.29 is 23.8 Å². The van der Waals surface area contributed by atoms with E-state index in [2.05, 4.69) is 9.97 Å². The van der Waals surface area contributed by atoms with Crippen LogP contribution in [0.15, 0.2) is 30.6 Å². The molecule has 2 atom stereocenters. The zero-order valence-corrected chi connectivity index (χ0v) is 21.5. The molecule has 184 valence electrons. The highest BCUT2D eigenvalue weighted by Gasteiger charge is 2.52. The summed E-state index contributed by atoms with van der Waals surface area (Å²) in [6, 6.07) is 7.35. The molecule has 34 heavy (non-hydrogen) atoms. The predicted molar refractivity (Wildman–Crippen MR) is 129 cm³/mol. The summed E-state index contributed by atoms with van der Waals surface area (Å²) >= 11 is 6.41. The van der Waals surface area contributed by atoms with Crippen LogP contribution < -0.4 is 4.74 Å². The second-order valence-electron chi connectivity index (χ2n) is 9.90. The van der Waals surface area contributed by atoms with E-state index >= 15 is 0 Å². The van der Waals surface area contributed by atoms with E-state index in [1.165, 1.54) is 18.3 Å². The van der Waals surface area contributed by atoms with Crippen molar-refractivity contribution in [2.75, 3.05) is 13.7 Å². The van der Waals surface area contributed by atoms with Gasteiger partial charge in [-0.25, -0.2) is 19.6 Å². The zero-order chi connectivity index (χ0) is 25.3. The molecule has 8 nitrogen and oxygen atoms in total. The summed E-state index contributed by atoms with van der Waals surface area (Å²) in [4.78, 5) is 35.9. The Morgan fingerprint density at radius 2 is 1.91 bits per heavy atom. The van der Waals surface area contributed by atoms with Crippen LogP contribution in [0.4, 0.5) is 4.79 Å². The Hall–Kier alpha value is -2.87. The molecule has 1 amide bonds. The molecule has 0 bridgehead atoms. The highest BCUT2D eigenvalue weighted by atomic mass is 35.5. The number of benzene rings is 1. The second-order valence-corrected chi connectivity index (χ2v) is 10.3. The molecule has 3 rings (SSSR count). The van der Waals surface area contributed by atoms with Gasteiger partial charge in [-0.2, -0.15) is 0 Å². The number of aromatic nitrogens is 2. The Morgan fingerprint density at radius 3 is 2.50 bits per heavy atom. The minimum atomic E-state index is -1.17. The lowest BCUT2D eigenvalue weighted by Gasteiger charge is -2.33. The first-order valence-corrected chi connectivity index (χ1v) is 11.6.